The summed E-state index contributed by atoms with van der Waals surface area (Å²) in [6, 6.07) is 0. The van der Waals surface area contributed by atoms with E-state index in [0.29, 0.717) is 32.3 Å². The molecule has 2 unspecified atom stereocenters. The Bertz CT molecular complexity index is 157. The maximum absolute atomic E-state index is 9.70. The summed E-state index contributed by atoms with van der Waals surface area (Å²) < 4.78 is 15.7. The lowest BCUT2D eigenvalue weighted by molar-refractivity contribution is 0.0383. The van der Waals surface area contributed by atoms with E-state index in [1.807, 2.05) is 0 Å². The SMILES string of the molecule is COCCOCCC(O)CCC1CCCO1. The fraction of sp³-hybridized carbons (Fsp3) is 1.00. The van der Waals surface area contributed by atoms with E-state index >= 15 is 0 Å². The van der Waals surface area contributed by atoms with E-state index in [-0.39, 0.29) is 6.10 Å². The number of rotatable bonds is 9. The predicted octanol–water partition coefficient (Wildman–Crippen LogP) is 1.36. The van der Waals surface area contributed by atoms with Crippen molar-refractivity contribution in [3.05, 3.63) is 0 Å². The van der Waals surface area contributed by atoms with Crippen molar-refractivity contribution in [2.75, 3.05) is 33.5 Å². The van der Waals surface area contributed by atoms with Gasteiger partial charge in [-0.15, -0.1) is 0 Å². The van der Waals surface area contributed by atoms with E-state index in [1.165, 1.54) is 6.42 Å². The Morgan fingerprint density at radius 3 is 2.88 bits per heavy atom. The minimum Gasteiger partial charge on any atom is -0.393 e. The molecule has 2 atom stereocenters. The van der Waals surface area contributed by atoms with E-state index in [0.717, 1.165) is 25.9 Å². The summed E-state index contributed by atoms with van der Waals surface area (Å²) in [6.45, 7) is 2.72. The second-order valence-corrected chi connectivity index (χ2v) is 4.26. The first-order chi connectivity index (χ1) is 7.83. The molecule has 0 aliphatic carbocycles. The van der Waals surface area contributed by atoms with Gasteiger partial charge in [-0.3, -0.25) is 0 Å². The van der Waals surface area contributed by atoms with Crippen LogP contribution in [-0.2, 0) is 14.2 Å². The molecule has 0 bridgehead atoms. The molecule has 1 N–H and O–H groups in total. The maximum atomic E-state index is 9.70. The Balaban J connectivity index is 1.87. The molecular formula is C12H24O4. The third-order valence-corrected chi connectivity index (χ3v) is 2.87. The van der Waals surface area contributed by atoms with Crippen LogP contribution in [0.2, 0.25) is 0 Å². The summed E-state index contributed by atoms with van der Waals surface area (Å²) in [4.78, 5) is 0. The summed E-state index contributed by atoms with van der Waals surface area (Å²) in [5.74, 6) is 0. The Labute approximate surface area is 97.9 Å². The Morgan fingerprint density at radius 1 is 1.31 bits per heavy atom. The minimum absolute atomic E-state index is 0.258. The molecular weight excluding hydrogens is 208 g/mol. The number of hydrogen-bond acceptors (Lipinski definition) is 4. The summed E-state index contributed by atoms with van der Waals surface area (Å²) in [5, 5.41) is 9.70. The van der Waals surface area contributed by atoms with Crippen LogP contribution in [0.5, 0.6) is 0 Å². The van der Waals surface area contributed by atoms with Gasteiger partial charge in [0.05, 0.1) is 25.4 Å². The summed E-state index contributed by atoms with van der Waals surface area (Å²) in [6.07, 6.45) is 4.93. The second kappa shape index (κ2) is 8.93. The molecule has 1 aliphatic rings. The molecule has 4 nitrogen and oxygen atoms in total. The van der Waals surface area contributed by atoms with E-state index in [9.17, 15) is 5.11 Å². The van der Waals surface area contributed by atoms with Gasteiger partial charge in [-0.1, -0.05) is 0 Å². The van der Waals surface area contributed by atoms with Crippen molar-refractivity contribution in [3.8, 4) is 0 Å². The lowest BCUT2D eigenvalue weighted by atomic mass is 10.1. The topological polar surface area (TPSA) is 47.9 Å². The van der Waals surface area contributed by atoms with Crippen LogP contribution in [0.15, 0.2) is 0 Å². The highest BCUT2D eigenvalue weighted by atomic mass is 16.5. The average Bonchev–Trinajstić information content (AvgIpc) is 2.79. The molecule has 0 aromatic rings. The van der Waals surface area contributed by atoms with Gasteiger partial charge in [0.25, 0.3) is 0 Å². The van der Waals surface area contributed by atoms with Gasteiger partial charge in [-0.25, -0.2) is 0 Å². The Morgan fingerprint density at radius 2 is 2.19 bits per heavy atom. The molecule has 0 spiro atoms. The lowest BCUT2D eigenvalue weighted by Gasteiger charge is -2.13. The molecule has 1 rings (SSSR count). The van der Waals surface area contributed by atoms with Crippen molar-refractivity contribution in [3.63, 3.8) is 0 Å². The van der Waals surface area contributed by atoms with E-state index in [1.54, 1.807) is 7.11 Å². The highest BCUT2D eigenvalue weighted by Crippen LogP contribution is 2.18. The summed E-state index contributed by atoms with van der Waals surface area (Å²) >= 11 is 0. The number of aliphatic hydroxyl groups is 1. The van der Waals surface area contributed by atoms with Gasteiger partial charge in [0, 0.05) is 20.3 Å². The van der Waals surface area contributed by atoms with Crippen molar-refractivity contribution in [1.82, 2.24) is 0 Å². The molecule has 16 heavy (non-hydrogen) atoms. The number of methoxy groups -OCH3 is 1. The molecule has 0 saturated carbocycles. The summed E-state index contributed by atoms with van der Waals surface area (Å²) in [7, 11) is 1.65. The number of aliphatic hydroxyl groups excluding tert-OH is 1. The Kier molecular flexibility index (Phi) is 7.76. The van der Waals surface area contributed by atoms with E-state index in [2.05, 4.69) is 0 Å². The van der Waals surface area contributed by atoms with Crippen LogP contribution in [0.25, 0.3) is 0 Å². The van der Waals surface area contributed by atoms with Crippen molar-refractivity contribution >= 4 is 0 Å². The molecule has 96 valence electrons. The van der Waals surface area contributed by atoms with Crippen molar-refractivity contribution in [1.29, 1.82) is 0 Å². The number of hydrogen-bond donors (Lipinski definition) is 1. The monoisotopic (exact) mass is 232 g/mol. The van der Waals surface area contributed by atoms with Gasteiger partial charge in [-0.2, -0.15) is 0 Å². The fourth-order valence-corrected chi connectivity index (χ4v) is 1.86. The van der Waals surface area contributed by atoms with Crippen LogP contribution < -0.4 is 0 Å². The molecule has 1 heterocycles. The predicted molar refractivity (Wildman–Crippen MR) is 61.5 cm³/mol. The molecule has 4 heteroatoms. The molecule has 1 aliphatic heterocycles. The first-order valence-corrected chi connectivity index (χ1v) is 6.19. The quantitative estimate of drug-likeness (QED) is 0.610. The standard InChI is InChI=1S/C12H24O4/c1-14-9-10-15-8-6-11(13)4-5-12-3-2-7-16-12/h11-13H,2-10H2,1H3. The van der Waals surface area contributed by atoms with Crippen LogP contribution in [-0.4, -0.2) is 50.9 Å². The van der Waals surface area contributed by atoms with Gasteiger partial charge in [-0.05, 0) is 32.1 Å². The van der Waals surface area contributed by atoms with Gasteiger partial charge in [0.15, 0.2) is 0 Å². The minimum atomic E-state index is -0.258. The lowest BCUT2D eigenvalue weighted by Crippen LogP contribution is -2.15. The van der Waals surface area contributed by atoms with Gasteiger partial charge < -0.3 is 19.3 Å². The van der Waals surface area contributed by atoms with Crippen LogP contribution >= 0.6 is 0 Å². The molecule has 0 aromatic carbocycles. The van der Waals surface area contributed by atoms with Crippen LogP contribution in [0.4, 0.5) is 0 Å². The smallest absolute Gasteiger partial charge is 0.0700 e. The zero-order valence-corrected chi connectivity index (χ0v) is 10.2. The van der Waals surface area contributed by atoms with Gasteiger partial charge in [0.1, 0.15) is 0 Å². The first-order valence-electron chi connectivity index (χ1n) is 6.19. The molecule has 1 saturated heterocycles. The average molecular weight is 232 g/mol. The molecule has 1 fully saturated rings. The van der Waals surface area contributed by atoms with Crippen molar-refractivity contribution < 1.29 is 19.3 Å². The van der Waals surface area contributed by atoms with Crippen molar-refractivity contribution in [2.24, 2.45) is 0 Å². The largest absolute Gasteiger partial charge is 0.393 e. The van der Waals surface area contributed by atoms with E-state index < -0.39 is 0 Å². The van der Waals surface area contributed by atoms with Crippen LogP contribution in [0.1, 0.15) is 32.1 Å². The van der Waals surface area contributed by atoms with Gasteiger partial charge >= 0.3 is 0 Å². The first kappa shape index (κ1) is 13.9. The van der Waals surface area contributed by atoms with E-state index in [4.69, 9.17) is 14.2 Å². The third kappa shape index (κ3) is 6.43. The zero-order valence-electron chi connectivity index (χ0n) is 10.2. The molecule has 0 radical (unpaired) electrons. The van der Waals surface area contributed by atoms with Crippen molar-refractivity contribution in [2.45, 2.75) is 44.3 Å². The third-order valence-electron chi connectivity index (χ3n) is 2.87. The highest BCUT2D eigenvalue weighted by molar-refractivity contribution is 4.67. The molecule has 0 amide bonds. The zero-order chi connectivity index (χ0) is 11.6. The summed E-state index contributed by atoms with van der Waals surface area (Å²) in [5.41, 5.74) is 0. The highest BCUT2D eigenvalue weighted by Gasteiger charge is 2.16. The van der Waals surface area contributed by atoms with Gasteiger partial charge in [0.2, 0.25) is 0 Å². The molecule has 0 aromatic heterocycles. The Hall–Kier alpha value is -0.160. The normalized spacial score (nSPS) is 22.5. The second-order valence-electron chi connectivity index (χ2n) is 4.26. The number of ether oxygens (including phenoxy) is 3. The van der Waals surface area contributed by atoms with Crippen LogP contribution in [0.3, 0.4) is 0 Å². The maximum Gasteiger partial charge on any atom is 0.0700 e. The van der Waals surface area contributed by atoms with Crippen LogP contribution in [0, 0.1) is 0 Å². The fourth-order valence-electron chi connectivity index (χ4n) is 1.86.